The number of aromatic amines is 1. The fraction of sp³-hybridized carbons (Fsp3) is 0.333. The van der Waals surface area contributed by atoms with Crippen molar-refractivity contribution in [1.29, 1.82) is 5.26 Å². The number of fused-ring (bicyclic) bond motifs is 1. The van der Waals surface area contributed by atoms with Crippen molar-refractivity contribution in [3.05, 3.63) is 71.2 Å². The van der Waals surface area contributed by atoms with Gasteiger partial charge in [-0.3, -0.25) is 14.6 Å². The van der Waals surface area contributed by atoms with Gasteiger partial charge in [0.05, 0.1) is 11.8 Å². The average molecular weight is 483 g/mol. The predicted molar refractivity (Wildman–Crippen MR) is 131 cm³/mol. The van der Waals surface area contributed by atoms with Gasteiger partial charge in [-0.2, -0.15) is 5.26 Å². The summed E-state index contributed by atoms with van der Waals surface area (Å²) in [5.74, 6) is 1.39. The van der Waals surface area contributed by atoms with Gasteiger partial charge in [-0.25, -0.2) is 9.97 Å². The number of H-pyrrole nitrogens is 1. The van der Waals surface area contributed by atoms with Gasteiger partial charge in [0.1, 0.15) is 17.9 Å². The molecule has 1 amide bonds. The minimum Gasteiger partial charge on any atom is -0.437 e. The first-order valence-electron chi connectivity index (χ1n) is 12.1. The van der Waals surface area contributed by atoms with Crippen LogP contribution in [0.2, 0.25) is 0 Å². The molecular formula is C27H26N6O3. The van der Waals surface area contributed by atoms with Crippen LogP contribution < -0.4 is 4.74 Å². The fourth-order valence-electron chi connectivity index (χ4n) is 4.71. The first-order valence-corrected chi connectivity index (χ1v) is 12.1. The Morgan fingerprint density at radius 2 is 1.92 bits per heavy atom. The third-order valence-corrected chi connectivity index (χ3v) is 6.72. The first kappa shape index (κ1) is 23.4. The van der Waals surface area contributed by atoms with Crippen LogP contribution in [0.5, 0.6) is 11.6 Å². The van der Waals surface area contributed by atoms with Crippen molar-refractivity contribution in [3.8, 4) is 17.7 Å². The van der Waals surface area contributed by atoms with Gasteiger partial charge < -0.3 is 14.6 Å². The maximum absolute atomic E-state index is 13.0. The summed E-state index contributed by atoms with van der Waals surface area (Å²) < 4.78 is 6.06. The minimum atomic E-state index is -0.172. The number of ketones is 1. The van der Waals surface area contributed by atoms with Crippen LogP contribution in [0.4, 0.5) is 0 Å². The lowest BCUT2D eigenvalue weighted by atomic mass is 9.93. The van der Waals surface area contributed by atoms with Crippen LogP contribution in [-0.4, -0.2) is 49.6 Å². The number of allylic oxidation sites excluding steroid dienone is 1. The zero-order valence-corrected chi connectivity index (χ0v) is 20.0. The Kier molecular flexibility index (Phi) is 6.58. The molecule has 36 heavy (non-hydrogen) atoms. The van der Waals surface area contributed by atoms with E-state index in [-0.39, 0.29) is 24.0 Å². The highest BCUT2D eigenvalue weighted by Gasteiger charge is 2.27. The average Bonchev–Trinajstić information content (AvgIpc) is 3.35. The summed E-state index contributed by atoms with van der Waals surface area (Å²) in [7, 11) is 0. The molecule has 0 bridgehead atoms. The van der Waals surface area contributed by atoms with Crippen LogP contribution in [0, 0.1) is 11.3 Å². The van der Waals surface area contributed by atoms with E-state index in [0.29, 0.717) is 42.0 Å². The summed E-state index contributed by atoms with van der Waals surface area (Å²) >= 11 is 0. The van der Waals surface area contributed by atoms with Crippen molar-refractivity contribution < 1.29 is 14.3 Å². The summed E-state index contributed by atoms with van der Waals surface area (Å²) in [4.78, 5) is 43.3. The van der Waals surface area contributed by atoms with Gasteiger partial charge in [0, 0.05) is 48.6 Å². The number of carbonyl (C=O) groups excluding carboxylic acids is 2. The maximum Gasteiger partial charge on any atom is 0.241 e. The van der Waals surface area contributed by atoms with Crippen molar-refractivity contribution in [2.45, 2.75) is 44.4 Å². The van der Waals surface area contributed by atoms with Crippen LogP contribution in [0.3, 0.4) is 0 Å². The predicted octanol–water partition coefficient (Wildman–Crippen LogP) is 4.36. The molecule has 9 nitrogen and oxygen atoms in total. The summed E-state index contributed by atoms with van der Waals surface area (Å²) in [6.45, 7) is 3.25. The number of benzene rings is 1. The molecule has 5 rings (SSSR count). The molecule has 2 aliphatic rings. The van der Waals surface area contributed by atoms with Gasteiger partial charge in [-0.1, -0.05) is 13.0 Å². The Morgan fingerprint density at radius 1 is 1.17 bits per heavy atom. The molecule has 0 spiro atoms. The molecule has 2 aromatic heterocycles. The van der Waals surface area contributed by atoms with Gasteiger partial charge >= 0.3 is 0 Å². The molecule has 1 atom stereocenters. The number of ether oxygens (including phenoxy) is 1. The largest absolute Gasteiger partial charge is 0.437 e. The zero-order chi connectivity index (χ0) is 25.1. The number of piperidine rings is 1. The molecule has 9 heteroatoms. The summed E-state index contributed by atoms with van der Waals surface area (Å²) in [5, 5.41) is 8.77. The fourth-order valence-corrected chi connectivity index (χ4v) is 4.71. The Balaban J connectivity index is 1.27. The van der Waals surface area contributed by atoms with Crippen molar-refractivity contribution in [1.82, 2.24) is 24.8 Å². The SMILES string of the molecule is CC1CC=Cc2nc(C(=O)c3ccc(Oc4nccnc4C4CCN(C(=O)CC#N)CC4)cc3)[nH]c21. The number of aromatic nitrogens is 4. The number of imidazole rings is 1. The topological polar surface area (TPSA) is 125 Å². The van der Waals surface area contributed by atoms with E-state index in [1.54, 1.807) is 41.6 Å². The monoisotopic (exact) mass is 482 g/mol. The standard InChI is InChI=1S/C27H26N6O3/c1-17-3-2-4-21-23(17)32-26(31-21)25(35)19-5-7-20(8-6-19)36-27-24(29-13-14-30-27)18-10-15-33(16-11-18)22(34)9-12-28/h2,4-8,13-14,17-18H,3,9-11,15-16H2,1H3,(H,31,32). The molecular weight excluding hydrogens is 456 g/mol. The molecule has 182 valence electrons. The highest BCUT2D eigenvalue weighted by molar-refractivity contribution is 6.06. The normalized spacial score (nSPS) is 17.3. The first-order chi connectivity index (χ1) is 17.5. The minimum absolute atomic E-state index is 0.0961. The molecule has 1 fully saturated rings. The van der Waals surface area contributed by atoms with E-state index in [2.05, 4.69) is 32.9 Å². The third-order valence-electron chi connectivity index (χ3n) is 6.72. The van der Waals surface area contributed by atoms with E-state index in [9.17, 15) is 9.59 Å². The molecule has 1 saturated heterocycles. The van der Waals surface area contributed by atoms with Crippen molar-refractivity contribution >= 4 is 17.8 Å². The summed E-state index contributed by atoms with van der Waals surface area (Å²) in [6.07, 6.45) is 9.52. The number of carbonyl (C=O) groups is 2. The van der Waals surface area contributed by atoms with Crippen LogP contribution in [0.25, 0.3) is 6.08 Å². The number of nitriles is 1. The Hall–Kier alpha value is -4.32. The van der Waals surface area contributed by atoms with Gasteiger partial charge in [-0.15, -0.1) is 0 Å². The third kappa shape index (κ3) is 4.75. The molecule has 1 unspecified atom stereocenters. The van der Waals surface area contributed by atoms with E-state index in [4.69, 9.17) is 10.00 Å². The smallest absolute Gasteiger partial charge is 0.241 e. The van der Waals surface area contributed by atoms with E-state index >= 15 is 0 Å². The molecule has 3 heterocycles. The van der Waals surface area contributed by atoms with Crippen LogP contribution in [0.1, 0.15) is 77.7 Å². The summed E-state index contributed by atoms with van der Waals surface area (Å²) in [5.41, 5.74) is 3.08. The van der Waals surface area contributed by atoms with Gasteiger partial charge in [0.25, 0.3) is 0 Å². The van der Waals surface area contributed by atoms with Crippen molar-refractivity contribution in [2.75, 3.05) is 13.1 Å². The highest BCUT2D eigenvalue weighted by Crippen LogP contribution is 2.34. The Bertz CT molecular complexity index is 1350. The van der Waals surface area contributed by atoms with Gasteiger partial charge in [-0.05, 0) is 49.6 Å². The number of nitrogens with one attached hydrogen (secondary N) is 1. The second-order valence-corrected chi connectivity index (χ2v) is 9.12. The Morgan fingerprint density at radius 3 is 2.64 bits per heavy atom. The number of nitrogens with zero attached hydrogens (tertiary/aromatic N) is 5. The van der Waals surface area contributed by atoms with Crippen LogP contribution >= 0.6 is 0 Å². The second-order valence-electron chi connectivity index (χ2n) is 9.12. The lowest BCUT2D eigenvalue weighted by Gasteiger charge is -2.31. The van der Waals surface area contributed by atoms with E-state index < -0.39 is 0 Å². The van der Waals surface area contributed by atoms with Gasteiger partial charge in [0.15, 0.2) is 5.82 Å². The number of likely N-dealkylation sites (tertiary alicyclic amines) is 1. The number of hydrogen-bond acceptors (Lipinski definition) is 7. The van der Waals surface area contributed by atoms with Crippen LogP contribution in [-0.2, 0) is 4.79 Å². The number of hydrogen-bond donors (Lipinski definition) is 1. The van der Waals surface area contributed by atoms with E-state index in [1.807, 2.05) is 12.1 Å². The molecule has 1 aliphatic carbocycles. The molecule has 0 radical (unpaired) electrons. The molecule has 1 aliphatic heterocycles. The second kappa shape index (κ2) is 10.1. The lowest BCUT2D eigenvalue weighted by Crippen LogP contribution is -2.37. The van der Waals surface area contributed by atoms with E-state index in [0.717, 1.165) is 36.3 Å². The van der Waals surface area contributed by atoms with Crippen molar-refractivity contribution in [2.24, 2.45) is 0 Å². The zero-order valence-electron chi connectivity index (χ0n) is 20.0. The lowest BCUT2D eigenvalue weighted by molar-refractivity contribution is -0.131. The molecule has 1 N–H and O–H groups in total. The summed E-state index contributed by atoms with van der Waals surface area (Å²) in [6, 6.07) is 8.82. The maximum atomic E-state index is 13.0. The van der Waals surface area contributed by atoms with Crippen molar-refractivity contribution in [3.63, 3.8) is 0 Å². The van der Waals surface area contributed by atoms with E-state index in [1.165, 1.54) is 0 Å². The molecule has 0 saturated carbocycles. The number of rotatable bonds is 6. The van der Waals surface area contributed by atoms with Crippen LogP contribution in [0.15, 0.2) is 42.7 Å². The molecule has 3 aromatic rings. The number of amides is 1. The Labute approximate surface area is 208 Å². The highest BCUT2D eigenvalue weighted by atomic mass is 16.5. The quantitative estimate of drug-likeness (QED) is 0.517. The van der Waals surface area contributed by atoms with Gasteiger partial charge in [0.2, 0.25) is 17.6 Å². The molecule has 1 aromatic carbocycles.